The highest BCUT2D eigenvalue weighted by molar-refractivity contribution is 9.10. The van der Waals surface area contributed by atoms with E-state index >= 15 is 0 Å². The van der Waals surface area contributed by atoms with Crippen molar-refractivity contribution in [2.75, 3.05) is 0 Å². The Bertz CT molecular complexity index is 806. The van der Waals surface area contributed by atoms with Gasteiger partial charge in [0.2, 0.25) is 0 Å². The van der Waals surface area contributed by atoms with Gasteiger partial charge in [0.25, 0.3) is 0 Å². The van der Waals surface area contributed by atoms with E-state index in [0.717, 1.165) is 15.2 Å². The zero-order valence-corrected chi connectivity index (χ0v) is 12.8. The van der Waals surface area contributed by atoms with Gasteiger partial charge in [-0.25, -0.2) is 0 Å². The first-order valence-corrected chi connectivity index (χ1v) is 7.31. The smallest absolute Gasteiger partial charge is 0.195 e. The Kier molecular flexibility index (Phi) is 3.60. The molecule has 0 spiro atoms. The molecule has 1 nitrogen and oxygen atoms in total. The highest BCUT2D eigenvalue weighted by Gasteiger charge is 2.15. The van der Waals surface area contributed by atoms with E-state index in [4.69, 9.17) is 11.6 Å². The summed E-state index contributed by atoms with van der Waals surface area (Å²) >= 11 is 9.52. The Balaban J connectivity index is 2.18. The first-order chi connectivity index (χ1) is 9.66. The largest absolute Gasteiger partial charge is 0.289 e. The van der Waals surface area contributed by atoms with Crippen molar-refractivity contribution < 1.29 is 4.79 Å². The van der Waals surface area contributed by atoms with Crippen LogP contribution in [-0.2, 0) is 0 Å². The summed E-state index contributed by atoms with van der Waals surface area (Å²) in [6, 6.07) is 18.9. The minimum absolute atomic E-state index is 0.0562. The van der Waals surface area contributed by atoms with Crippen LogP contribution in [0.3, 0.4) is 0 Å². The molecule has 0 unspecified atom stereocenters. The molecule has 0 N–H and O–H groups in total. The van der Waals surface area contributed by atoms with Gasteiger partial charge in [-0.1, -0.05) is 70.0 Å². The molecule has 3 aromatic rings. The zero-order chi connectivity index (χ0) is 14.1. The maximum absolute atomic E-state index is 12.7. The summed E-state index contributed by atoms with van der Waals surface area (Å²) in [7, 11) is 0. The number of halogens is 2. The molecule has 20 heavy (non-hydrogen) atoms. The van der Waals surface area contributed by atoms with Crippen molar-refractivity contribution in [2.45, 2.75) is 0 Å². The molecule has 0 radical (unpaired) electrons. The minimum Gasteiger partial charge on any atom is -0.289 e. The second-order valence-corrected chi connectivity index (χ2v) is 5.80. The maximum atomic E-state index is 12.7. The highest BCUT2D eigenvalue weighted by atomic mass is 79.9. The number of benzene rings is 3. The van der Waals surface area contributed by atoms with Crippen molar-refractivity contribution in [1.82, 2.24) is 0 Å². The summed E-state index contributed by atoms with van der Waals surface area (Å²) in [6.45, 7) is 0. The molecule has 0 aliphatic rings. The average Bonchev–Trinajstić information content (AvgIpc) is 2.46. The predicted molar refractivity (Wildman–Crippen MR) is 86.5 cm³/mol. The van der Waals surface area contributed by atoms with Crippen LogP contribution in [0.4, 0.5) is 0 Å². The third-order valence-corrected chi connectivity index (χ3v) is 4.02. The van der Waals surface area contributed by atoms with Crippen LogP contribution in [-0.4, -0.2) is 5.78 Å². The first-order valence-electron chi connectivity index (χ1n) is 6.14. The molecule has 3 rings (SSSR count). The number of ketones is 1. The molecular weight excluding hydrogens is 336 g/mol. The second kappa shape index (κ2) is 5.39. The van der Waals surface area contributed by atoms with Gasteiger partial charge in [-0.15, -0.1) is 0 Å². The minimum atomic E-state index is -0.0562. The number of hydrogen-bond donors (Lipinski definition) is 0. The second-order valence-electron chi connectivity index (χ2n) is 4.48. The third-order valence-electron chi connectivity index (χ3n) is 3.21. The monoisotopic (exact) mass is 344 g/mol. The lowest BCUT2D eigenvalue weighted by Crippen LogP contribution is -2.03. The molecule has 3 heteroatoms. The molecule has 0 saturated heterocycles. The van der Waals surface area contributed by atoms with E-state index in [2.05, 4.69) is 15.9 Å². The lowest BCUT2D eigenvalue weighted by molar-refractivity contribution is 0.104. The summed E-state index contributed by atoms with van der Waals surface area (Å²) < 4.78 is 0.858. The molecule has 0 saturated carbocycles. The van der Waals surface area contributed by atoms with Gasteiger partial charge in [-0.2, -0.15) is 0 Å². The normalized spacial score (nSPS) is 10.7. The van der Waals surface area contributed by atoms with E-state index in [1.165, 1.54) is 0 Å². The van der Waals surface area contributed by atoms with E-state index in [1.54, 1.807) is 12.1 Å². The summed E-state index contributed by atoms with van der Waals surface area (Å²) in [4.78, 5) is 12.7. The highest BCUT2D eigenvalue weighted by Crippen LogP contribution is 2.26. The Morgan fingerprint density at radius 1 is 0.900 bits per heavy atom. The van der Waals surface area contributed by atoms with Crippen molar-refractivity contribution in [3.8, 4) is 0 Å². The Labute approximate surface area is 130 Å². The van der Waals surface area contributed by atoms with Crippen LogP contribution in [0, 0.1) is 0 Å². The predicted octanol–water partition coefficient (Wildman–Crippen LogP) is 5.49. The number of carbonyl (C=O) groups excluding carboxylic acids is 1. The van der Waals surface area contributed by atoms with E-state index in [9.17, 15) is 4.79 Å². The topological polar surface area (TPSA) is 17.1 Å². The fourth-order valence-electron chi connectivity index (χ4n) is 2.24. The van der Waals surface area contributed by atoms with Gasteiger partial charge in [0.1, 0.15) is 0 Å². The van der Waals surface area contributed by atoms with Crippen LogP contribution in [0.1, 0.15) is 15.9 Å². The Morgan fingerprint density at radius 3 is 2.45 bits per heavy atom. The fourth-order valence-corrected chi connectivity index (χ4v) is 3.00. The summed E-state index contributed by atoms with van der Waals surface area (Å²) in [6.07, 6.45) is 0. The first kappa shape index (κ1) is 13.3. The SMILES string of the molecule is O=C(c1ccc(Br)cc1Cl)c1cccc2ccccc12. The molecule has 98 valence electrons. The van der Waals surface area contributed by atoms with Gasteiger partial charge >= 0.3 is 0 Å². The molecule has 0 aromatic heterocycles. The zero-order valence-electron chi connectivity index (χ0n) is 10.4. The maximum Gasteiger partial charge on any atom is 0.195 e. The molecule has 0 aliphatic heterocycles. The van der Waals surface area contributed by atoms with Crippen molar-refractivity contribution in [3.63, 3.8) is 0 Å². The van der Waals surface area contributed by atoms with Crippen molar-refractivity contribution in [3.05, 3.63) is 81.3 Å². The molecule has 0 heterocycles. The van der Waals surface area contributed by atoms with Crippen LogP contribution in [0.25, 0.3) is 10.8 Å². The molecule has 0 bridgehead atoms. The van der Waals surface area contributed by atoms with E-state index in [0.29, 0.717) is 16.1 Å². The standard InChI is InChI=1S/C17H10BrClO/c18-12-8-9-15(16(19)10-12)17(20)14-7-3-5-11-4-1-2-6-13(11)14/h1-10H. The lowest BCUT2D eigenvalue weighted by Gasteiger charge is -2.07. The van der Waals surface area contributed by atoms with Gasteiger partial charge in [-0.3, -0.25) is 4.79 Å². The van der Waals surface area contributed by atoms with Crippen LogP contribution in [0.15, 0.2) is 65.1 Å². The third kappa shape index (κ3) is 2.37. The van der Waals surface area contributed by atoms with Crippen LogP contribution in [0.5, 0.6) is 0 Å². The molecule has 0 atom stereocenters. The molecule has 3 aromatic carbocycles. The van der Waals surface area contributed by atoms with Crippen LogP contribution >= 0.6 is 27.5 Å². The van der Waals surface area contributed by atoms with Crippen molar-refractivity contribution in [1.29, 1.82) is 0 Å². The van der Waals surface area contributed by atoms with E-state index in [1.807, 2.05) is 48.5 Å². The van der Waals surface area contributed by atoms with Gasteiger partial charge in [0.15, 0.2) is 5.78 Å². The summed E-state index contributed by atoms with van der Waals surface area (Å²) in [5, 5.41) is 2.45. The summed E-state index contributed by atoms with van der Waals surface area (Å²) in [5.74, 6) is -0.0562. The molecule has 0 aliphatic carbocycles. The van der Waals surface area contributed by atoms with Gasteiger partial charge < -0.3 is 0 Å². The van der Waals surface area contributed by atoms with Crippen LogP contribution in [0.2, 0.25) is 5.02 Å². The van der Waals surface area contributed by atoms with E-state index < -0.39 is 0 Å². The van der Waals surface area contributed by atoms with Gasteiger partial charge in [0.05, 0.1) is 5.02 Å². The number of fused-ring (bicyclic) bond motifs is 1. The van der Waals surface area contributed by atoms with E-state index in [-0.39, 0.29) is 5.78 Å². The average molecular weight is 346 g/mol. The number of hydrogen-bond acceptors (Lipinski definition) is 1. The van der Waals surface area contributed by atoms with Gasteiger partial charge in [0, 0.05) is 15.6 Å². The van der Waals surface area contributed by atoms with Crippen molar-refractivity contribution in [2.24, 2.45) is 0 Å². The molecule has 0 fully saturated rings. The molecular formula is C17H10BrClO. The Hall–Kier alpha value is -1.64. The number of rotatable bonds is 2. The summed E-state index contributed by atoms with van der Waals surface area (Å²) in [5.41, 5.74) is 1.19. The van der Waals surface area contributed by atoms with Crippen molar-refractivity contribution >= 4 is 44.1 Å². The van der Waals surface area contributed by atoms with Crippen LogP contribution < -0.4 is 0 Å². The lowest BCUT2D eigenvalue weighted by atomic mass is 9.97. The quantitative estimate of drug-likeness (QED) is 0.562. The molecule has 0 amide bonds. The Morgan fingerprint density at radius 2 is 1.65 bits per heavy atom. The van der Waals surface area contributed by atoms with Gasteiger partial charge in [-0.05, 0) is 29.0 Å². The number of carbonyl (C=O) groups is 1. The fraction of sp³-hybridized carbons (Fsp3) is 0.